The molecule has 9 nitrogen and oxygen atoms in total. The molecule has 1 fully saturated rings. The molecule has 0 spiro atoms. The van der Waals surface area contributed by atoms with Crippen molar-refractivity contribution in [1.82, 2.24) is 20.5 Å². The van der Waals surface area contributed by atoms with E-state index in [0.29, 0.717) is 30.2 Å². The molecule has 0 aromatic carbocycles. The fraction of sp³-hybridized carbons (Fsp3) is 0.533. The van der Waals surface area contributed by atoms with E-state index in [-0.39, 0.29) is 12.5 Å². The van der Waals surface area contributed by atoms with E-state index in [9.17, 15) is 4.79 Å². The first-order chi connectivity index (χ1) is 11.7. The van der Waals surface area contributed by atoms with Gasteiger partial charge < -0.3 is 19.2 Å². The lowest BCUT2D eigenvalue weighted by Gasteiger charge is -2.25. The van der Waals surface area contributed by atoms with Gasteiger partial charge in [-0.2, -0.15) is 0 Å². The second kappa shape index (κ2) is 7.93. The number of furan rings is 1. The molecule has 2 aromatic heterocycles. The number of aromatic nitrogens is 2. The van der Waals surface area contributed by atoms with Crippen LogP contribution >= 0.6 is 0 Å². The summed E-state index contributed by atoms with van der Waals surface area (Å²) in [6.45, 7) is 6.23. The topological polar surface area (TPSA) is 103 Å². The molecule has 1 aliphatic rings. The van der Waals surface area contributed by atoms with E-state index >= 15 is 0 Å². The molecular weight excluding hydrogens is 316 g/mol. The standard InChI is InChI=1S/C15H20N4O5/c1-11-15(18-24-17-11)22-5-2-16-14(20)12-8-13(23-10-12)9-19-3-6-21-7-4-19/h8,10H,2-7,9H2,1H3,(H,16,20). The minimum atomic E-state index is -0.203. The van der Waals surface area contributed by atoms with Gasteiger partial charge in [-0.05, 0) is 18.1 Å². The highest BCUT2D eigenvalue weighted by atomic mass is 16.6. The van der Waals surface area contributed by atoms with E-state index in [2.05, 4.69) is 25.2 Å². The summed E-state index contributed by atoms with van der Waals surface area (Å²) in [5.74, 6) is 0.897. The lowest BCUT2D eigenvalue weighted by molar-refractivity contribution is 0.0313. The summed E-state index contributed by atoms with van der Waals surface area (Å²) in [6, 6.07) is 1.76. The van der Waals surface area contributed by atoms with E-state index < -0.39 is 0 Å². The van der Waals surface area contributed by atoms with Crippen molar-refractivity contribution in [3.05, 3.63) is 29.3 Å². The first-order valence-corrected chi connectivity index (χ1v) is 7.80. The smallest absolute Gasteiger partial charge is 0.278 e. The summed E-state index contributed by atoms with van der Waals surface area (Å²) in [6.07, 6.45) is 1.47. The maximum Gasteiger partial charge on any atom is 0.278 e. The SMILES string of the molecule is Cc1nonc1OCCNC(=O)c1coc(CN2CCOCC2)c1. The molecule has 3 rings (SSSR count). The number of aryl methyl sites for hydroxylation is 1. The minimum absolute atomic E-state index is 0.203. The Hall–Kier alpha value is -2.39. The molecule has 130 valence electrons. The number of carbonyl (C=O) groups is 1. The third-order valence-electron chi connectivity index (χ3n) is 3.64. The van der Waals surface area contributed by atoms with Crippen molar-refractivity contribution in [2.24, 2.45) is 0 Å². The maximum atomic E-state index is 12.1. The van der Waals surface area contributed by atoms with Crippen LogP contribution in [0.1, 0.15) is 21.8 Å². The second-order valence-corrected chi connectivity index (χ2v) is 5.45. The van der Waals surface area contributed by atoms with Crippen molar-refractivity contribution in [2.45, 2.75) is 13.5 Å². The molecule has 1 N–H and O–H groups in total. The molecule has 0 radical (unpaired) electrons. The summed E-state index contributed by atoms with van der Waals surface area (Å²) < 4.78 is 20.6. The first kappa shape index (κ1) is 16.5. The monoisotopic (exact) mass is 336 g/mol. The third kappa shape index (κ3) is 4.33. The molecule has 3 heterocycles. The molecule has 2 aromatic rings. The number of nitrogens with zero attached hydrogens (tertiary/aromatic N) is 3. The second-order valence-electron chi connectivity index (χ2n) is 5.45. The number of hydrogen-bond donors (Lipinski definition) is 1. The van der Waals surface area contributed by atoms with Gasteiger partial charge in [-0.1, -0.05) is 5.16 Å². The molecule has 1 saturated heterocycles. The Morgan fingerprint density at radius 1 is 1.38 bits per heavy atom. The van der Waals surface area contributed by atoms with Gasteiger partial charge in [-0.3, -0.25) is 9.69 Å². The fourth-order valence-corrected chi connectivity index (χ4v) is 2.33. The zero-order chi connectivity index (χ0) is 16.8. The summed E-state index contributed by atoms with van der Waals surface area (Å²) in [4.78, 5) is 14.3. The molecule has 24 heavy (non-hydrogen) atoms. The van der Waals surface area contributed by atoms with Crippen molar-refractivity contribution in [2.75, 3.05) is 39.5 Å². The predicted molar refractivity (Wildman–Crippen MR) is 81.7 cm³/mol. The number of hydrogen-bond acceptors (Lipinski definition) is 8. The Morgan fingerprint density at radius 2 is 2.21 bits per heavy atom. The number of rotatable bonds is 7. The quantitative estimate of drug-likeness (QED) is 0.734. The van der Waals surface area contributed by atoms with Crippen LogP contribution in [0.25, 0.3) is 0 Å². The van der Waals surface area contributed by atoms with Gasteiger partial charge in [-0.25, -0.2) is 4.63 Å². The largest absolute Gasteiger partial charge is 0.472 e. The summed E-state index contributed by atoms with van der Waals surface area (Å²) in [5.41, 5.74) is 1.07. The van der Waals surface area contributed by atoms with Gasteiger partial charge in [0.1, 0.15) is 24.3 Å². The molecule has 9 heteroatoms. The Bertz CT molecular complexity index is 662. The number of nitrogens with one attached hydrogen (secondary N) is 1. The van der Waals surface area contributed by atoms with Gasteiger partial charge in [0, 0.05) is 13.1 Å². The third-order valence-corrected chi connectivity index (χ3v) is 3.64. The van der Waals surface area contributed by atoms with Gasteiger partial charge >= 0.3 is 0 Å². The van der Waals surface area contributed by atoms with Crippen LogP contribution in [0.4, 0.5) is 0 Å². The van der Waals surface area contributed by atoms with Crippen LogP contribution in [0.5, 0.6) is 5.88 Å². The van der Waals surface area contributed by atoms with Crippen molar-refractivity contribution in [1.29, 1.82) is 0 Å². The van der Waals surface area contributed by atoms with Gasteiger partial charge in [0.05, 0.1) is 31.9 Å². The zero-order valence-corrected chi connectivity index (χ0v) is 13.5. The molecule has 0 aliphatic carbocycles. The van der Waals surface area contributed by atoms with Crippen molar-refractivity contribution in [3.8, 4) is 5.88 Å². The van der Waals surface area contributed by atoms with E-state index in [1.54, 1.807) is 13.0 Å². The van der Waals surface area contributed by atoms with Crippen molar-refractivity contribution < 1.29 is 23.3 Å². The van der Waals surface area contributed by atoms with Crippen LogP contribution in [0.3, 0.4) is 0 Å². The highest BCUT2D eigenvalue weighted by Crippen LogP contribution is 2.12. The number of carbonyl (C=O) groups excluding carboxylic acids is 1. The van der Waals surface area contributed by atoms with Crippen LogP contribution in [0.15, 0.2) is 21.4 Å². The van der Waals surface area contributed by atoms with Gasteiger partial charge in [-0.15, -0.1) is 0 Å². The van der Waals surface area contributed by atoms with Gasteiger partial charge in [0.15, 0.2) is 0 Å². The zero-order valence-electron chi connectivity index (χ0n) is 13.5. The highest BCUT2D eigenvalue weighted by Gasteiger charge is 2.15. The predicted octanol–water partition coefficient (Wildman–Crippen LogP) is 0.612. The Balaban J connectivity index is 1.41. The molecule has 0 saturated carbocycles. The Kier molecular flexibility index (Phi) is 5.44. The van der Waals surface area contributed by atoms with E-state index in [1.165, 1.54) is 6.26 Å². The molecule has 0 unspecified atom stereocenters. The van der Waals surface area contributed by atoms with Crippen LogP contribution in [-0.2, 0) is 11.3 Å². The average molecular weight is 336 g/mol. The highest BCUT2D eigenvalue weighted by molar-refractivity contribution is 5.93. The first-order valence-electron chi connectivity index (χ1n) is 7.80. The average Bonchev–Trinajstić information content (AvgIpc) is 3.22. The summed E-state index contributed by atoms with van der Waals surface area (Å²) in [7, 11) is 0. The maximum absolute atomic E-state index is 12.1. The fourth-order valence-electron chi connectivity index (χ4n) is 2.33. The normalized spacial score (nSPS) is 15.4. The number of morpholine rings is 1. The van der Waals surface area contributed by atoms with Gasteiger partial charge in [0.25, 0.3) is 11.8 Å². The van der Waals surface area contributed by atoms with Crippen LogP contribution < -0.4 is 10.1 Å². The van der Waals surface area contributed by atoms with Crippen molar-refractivity contribution in [3.63, 3.8) is 0 Å². The van der Waals surface area contributed by atoms with E-state index in [0.717, 1.165) is 32.1 Å². The lowest BCUT2D eigenvalue weighted by atomic mass is 10.2. The lowest BCUT2D eigenvalue weighted by Crippen LogP contribution is -2.35. The molecular formula is C15H20N4O5. The molecule has 1 aliphatic heterocycles. The molecule has 0 bridgehead atoms. The van der Waals surface area contributed by atoms with Crippen molar-refractivity contribution >= 4 is 5.91 Å². The van der Waals surface area contributed by atoms with Gasteiger partial charge in [0.2, 0.25) is 0 Å². The molecule has 0 atom stereocenters. The Morgan fingerprint density at radius 3 is 2.96 bits per heavy atom. The van der Waals surface area contributed by atoms with E-state index in [1.807, 2.05) is 0 Å². The number of ether oxygens (including phenoxy) is 2. The van der Waals surface area contributed by atoms with Crippen LogP contribution in [0, 0.1) is 6.92 Å². The summed E-state index contributed by atoms with van der Waals surface area (Å²) in [5, 5.41) is 9.97. The minimum Gasteiger partial charge on any atom is -0.472 e. The van der Waals surface area contributed by atoms with E-state index in [4.69, 9.17) is 13.9 Å². The summed E-state index contributed by atoms with van der Waals surface area (Å²) >= 11 is 0. The number of amides is 1. The van der Waals surface area contributed by atoms with Crippen LogP contribution in [-0.4, -0.2) is 60.6 Å². The van der Waals surface area contributed by atoms with Crippen LogP contribution in [0.2, 0.25) is 0 Å². The Labute approximate surface area is 138 Å². The molecule has 1 amide bonds.